The van der Waals surface area contributed by atoms with E-state index in [0.29, 0.717) is 16.7 Å². The first kappa shape index (κ1) is 13.0. The zero-order valence-electron chi connectivity index (χ0n) is 9.90. The highest BCUT2D eigenvalue weighted by Crippen LogP contribution is 2.20. The van der Waals surface area contributed by atoms with Crippen molar-refractivity contribution in [3.63, 3.8) is 0 Å². The van der Waals surface area contributed by atoms with Gasteiger partial charge in [0.05, 0.1) is 0 Å². The third-order valence-corrected chi connectivity index (χ3v) is 5.86. The van der Waals surface area contributed by atoms with E-state index in [9.17, 15) is 8.42 Å². The maximum Gasteiger partial charge on any atom is 0.250 e. The van der Waals surface area contributed by atoms with Gasteiger partial charge in [0, 0.05) is 11.4 Å². The molecule has 1 aliphatic heterocycles. The van der Waals surface area contributed by atoms with Crippen LogP contribution in [0.2, 0.25) is 0 Å². The van der Waals surface area contributed by atoms with Gasteiger partial charge in [-0.05, 0) is 50.9 Å². The lowest BCUT2D eigenvalue weighted by molar-refractivity contribution is 0.376. The van der Waals surface area contributed by atoms with E-state index in [2.05, 4.69) is 10.0 Å². The summed E-state index contributed by atoms with van der Waals surface area (Å²) in [6.45, 7) is 4.40. The lowest BCUT2D eigenvalue weighted by atomic mass is 10.0. The fourth-order valence-corrected chi connectivity index (χ4v) is 4.40. The zero-order chi connectivity index (χ0) is 12.3. The average molecular weight is 274 g/mol. The van der Waals surface area contributed by atoms with E-state index < -0.39 is 10.0 Å². The van der Waals surface area contributed by atoms with E-state index in [0.717, 1.165) is 30.8 Å². The van der Waals surface area contributed by atoms with Crippen LogP contribution in [-0.2, 0) is 10.0 Å². The molecule has 1 atom stereocenters. The molecule has 1 unspecified atom stereocenters. The topological polar surface area (TPSA) is 58.2 Å². The van der Waals surface area contributed by atoms with E-state index in [1.165, 1.54) is 11.3 Å². The first-order valence-electron chi connectivity index (χ1n) is 5.85. The van der Waals surface area contributed by atoms with Gasteiger partial charge in [-0.3, -0.25) is 0 Å². The highest BCUT2D eigenvalue weighted by molar-refractivity contribution is 7.91. The number of sulfonamides is 1. The monoisotopic (exact) mass is 274 g/mol. The Morgan fingerprint density at radius 1 is 1.53 bits per heavy atom. The summed E-state index contributed by atoms with van der Waals surface area (Å²) in [5, 5.41) is 3.28. The van der Waals surface area contributed by atoms with Gasteiger partial charge < -0.3 is 5.32 Å². The third kappa shape index (κ3) is 3.51. The lowest BCUT2D eigenvalue weighted by Gasteiger charge is -2.22. The van der Waals surface area contributed by atoms with Gasteiger partial charge >= 0.3 is 0 Å². The van der Waals surface area contributed by atoms with E-state index in [4.69, 9.17) is 0 Å². The first-order valence-corrected chi connectivity index (χ1v) is 8.15. The number of nitrogens with one attached hydrogen (secondary N) is 2. The average Bonchev–Trinajstić information content (AvgIpc) is 2.76. The van der Waals surface area contributed by atoms with Crippen molar-refractivity contribution in [3.8, 4) is 0 Å². The van der Waals surface area contributed by atoms with Crippen molar-refractivity contribution in [2.75, 3.05) is 19.6 Å². The van der Waals surface area contributed by atoms with Gasteiger partial charge in [0.15, 0.2) is 0 Å². The smallest absolute Gasteiger partial charge is 0.250 e. The van der Waals surface area contributed by atoms with Gasteiger partial charge in [-0.1, -0.05) is 0 Å². The number of aryl methyl sites for hydroxylation is 1. The van der Waals surface area contributed by atoms with Crippen LogP contribution in [0.15, 0.2) is 16.3 Å². The largest absolute Gasteiger partial charge is 0.316 e. The summed E-state index contributed by atoms with van der Waals surface area (Å²) in [4.78, 5) is 1.02. The van der Waals surface area contributed by atoms with E-state index >= 15 is 0 Å². The Hall–Kier alpha value is -0.430. The Morgan fingerprint density at radius 2 is 2.35 bits per heavy atom. The molecule has 0 aromatic carbocycles. The maximum atomic E-state index is 12.0. The van der Waals surface area contributed by atoms with Gasteiger partial charge in [-0.2, -0.15) is 0 Å². The minimum absolute atomic E-state index is 0.416. The summed E-state index contributed by atoms with van der Waals surface area (Å²) in [5.41, 5.74) is 0. The molecule has 0 amide bonds. The van der Waals surface area contributed by atoms with Crippen LogP contribution in [0.3, 0.4) is 0 Å². The fourth-order valence-electron chi connectivity index (χ4n) is 1.95. The predicted molar refractivity (Wildman–Crippen MR) is 69.8 cm³/mol. The normalized spacial score (nSPS) is 21.6. The van der Waals surface area contributed by atoms with E-state index in [1.807, 2.05) is 13.0 Å². The molecule has 6 heteroatoms. The summed E-state index contributed by atoms with van der Waals surface area (Å²) in [5.74, 6) is 0.416. The van der Waals surface area contributed by atoms with Crippen LogP contribution in [0, 0.1) is 12.8 Å². The molecule has 1 aromatic heterocycles. The summed E-state index contributed by atoms with van der Waals surface area (Å²) >= 11 is 1.32. The second kappa shape index (κ2) is 5.48. The minimum atomic E-state index is -3.30. The molecule has 2 N–H and O–H groups in total. The molecule has 1 aromatic rings. The first-order chi connectivity index (χ1) is 8.08. The molecule has 0 radical (unpaired) electrons. The molecule has 96 valence electrons. The Bertz CT molecular complexity index is 462. The van der Waals surface area contributed by atoms with Gasteiger partial charge in [0.25, 0.3) is 0 Å². The Balaban J connectivity index is 1.93. The summed E-state index contributed by atoms with van der Waals surface area (Å²) in [6.07, 6.45) is 2.23. The van der Waals surface area contributed by atoms with Gasteiger partial charge in [-0.15, -0.1) is 11.3 Å². The van der Waals surface area contributed by atoms with Gasteiger partial charge in [-0.25, -0.2) is 13.1 Å². The highest BCUT2D eigenvalue weighted by atomic mass is 32.2. The van der Waals surface area contributed by atoms with Crippen molar-refractivity contribution >= 4 is 21.4 Å². The van der Waals surface area contributed by atoms with E-state index in [-0.39, 0.29) is 0 Å². The quantitative estimate of drug-likeness (QED) is 0.871. The highest BCUT2D eigenvalue weighted by Gasteiger charge is 2.19. The lowest BCUT2D eigenvalue weighted by Crippen LogP contribution is -2.37. The van der Waals surface area contributed by atoms with Crippen molar-refractivity contribution in [2.24, 2.45) is 5.92 Å². The van der Waals surface area contributed by atoms with Gasteiger partial charge in [0.1, 0.15) is 4.21 Å². The molecule has 2 heterocycles. The van der Waals surface area contributed by atoms with Crippen LogP contribution in [0.1, 0.15) is 17.7 Å². The minimum Gasteiger partial charge on any atom is -0.316 e. The molecule has 0 spiro atoms. The Labute approximate surface area is 106 Å². The van der Waals surface area contributed by atoms with Crippen LogP contribution in [0.25, 0.3) is 0 Å². The number of rotatable bonds is 4. The number of hydrogen-bond donors (Lipinski definition) is 2. The molecule has 17 heavy (non-hydrogen) atoms. The Kier molecular flexibility index (Phi) is 4.19. The molecule has 4 nitrogen and oxygen atoms in total. The Morgan fingerprint density at radius 3 is 2.94 bits per heavy atom. The van der Waals surface area contributed by atoms with Crippen molar-refractivity contribution in [3.05, 3.63) is 17.0 Å². The maximum absolute atomic E-state index is 12.0. The molecular weight excluding hydrogens is 256 g/mol. The number of thiophene rings is 1. The van der Waals surface area contributed by atoms with Crippen LogP contribution >= 0.6 is 11.3 Å². The molecular formula is C11H18N2O2S2. The predicted octanol–water partition coefficient (Wildman–Crippen LogP) is 1.33. The molecule has 1 fully saturated rings. The molecule has 0 aliphatic carbocycles. The van der Waals surface area contributed by atoms with Crippen molar-refractivity contribution < 1.29 is 8.42 Å². The molecule has 1 saturated heterocycles. The van der Waals surface area contributed by atoms with Crippen molar-refractivity contribution in [2.45, 2.75) is 24.0 Å². The molecule has 0 bridgehead atoms. The third-order valence-electron chi connectivity index (χ3n) is 2.94. The summed E-state index contributed by atoms with van der Waals surface area (Å²) < 4.78 is 27.1. The van der Waals surface area contributed by atoms with Crippen LogP contribution in [0.5, 0.6) is 0 Å². The molecule has 2 rings (SSSR count). The van der Waals surface area contributed by atoms with E-state index in [1.54, 1.807) is 6.07 Å². The molecule has 1 aliphatic rings. The fraction of sp³-hybridized carbons (Fsp3) is 0.636. The molecule has 0 saturated carbocycles. The van der Waals surface area contributed by atoms with Crippen molar-refractivity contribution in [1.82, 2.24) is 10.0 Å². The second-order valence-electron chi connectivity index (χ2n) is 4.43. The summed E-state index contributed by atoms with van der Waals surface area (Å²) in [6, 6.07) is 3.50. The van der Waals surface area contributed by atoms with Crippen LogP contribution in [-0.4, -0.2) is 28.1 Å². The standard InChI is InChI=1S/C11H18N2O2S2/c1-9-4-5-11(16-9)17(14,15)13-8-10-3-2-6-12-7-10/h4-5,10,12-13H,2-3,6-8H2,1H3. The van der Waals surface area contributed by atoms with Crippen LogP contribution in [0.4, 0.5) is 0 Å². The van der Waals surface area contributed by atoms with Crippen molar-refractivity contribution in [1.29, 1.82) is 0 Å². The summed E-state index contributed by atoms with van der Waals surface area (Å²) in [7, 11) is -3.30. The second-order valence-corrected chi connectivity index (χ2v) is 7.71. The zero-order valence-corrected chi connectivity index (χ0v) is 11.5. The van der Waals surface area contributed by atoms with Gasteiger partial charge in [0.2, 0.25) is 10.0 Å². The number of hydrogen-bond acceptors (Lipinski definition) is 4. The number of piperidine rings is 1. The SMILES string of the molecule is Cc1ccc(S(=O)(=O)NCC2CCCNC2)s1. The van der Waals surface area contributed by atoms with Crippen LogP contribution < -0.4 is 10.0 Å².